The molecule has 0 bridgehead atoms. The molecule has 2 fully saturated rings. The van der Waals surface area contributed by atoms with E-state index in [0.29, 0.717) is 11.7 Å². The van der Waals surface area contributed by atoms with E-state index in [1.807, 2.05) is 12.1 Å². The van der Waals surface area contributed by atoms with Crippen molar-refractivity contribution in [3.63, 3.8) is 0 Å². The molecule has 1 aliphatic carbocycles. The van der Waals surface area contributed by atoms with Gasteiger partial charge in [0.15, 0.2) is 5.79 Å². The molecule has 1 aromatic rings. The summed E-state index contributed by atoms with van der Waals surface area (Å²) in [5.41, 5.74) is 1.04. The molecule has 0 unspecified atom stereocenters. The molecule has 0 aromatic heterocycles. The van der Waals surface area contributed by atoms with Crippen LogP contribution in [-0.2, 0) is 15.9 Å². The second-order valence-corrected chi connectivity index (χ2v) is 6.44. The van der Waals surface area contributed by atoms with Crippen LogP contribution in [0.4, 0.5) is 0 Å². The number of aromatic hydroxyl groups is 1. The molecule has 2 aliphatic rings. The average molecular weight is 327 g/mol. The van der Waals surface area contributed by atoms with E-state index in [4.69, 9.17) is 9.47 Å². The Labute approximate surface area is 122 Å². The number of ether oxygens (including phenoxy) is 2. The Morgan fingerprint density at radius 1 is 1.21 bits per heavy atom. The first-order valence-corrected chi connectivity index (χ1v) is 7.71. The number of phenols is 1. The maximum Gasteiger partial charge on any atom is 0.168 e. The third-order valence-electron chi connectivity index (χ3n) is 4.24. The molecule has 1 saturated carbocycles. The van der Waals surface area contributed by atoms with Crippen LogP contribution in [-0.4, -0.2) is 24.1 Å². The fraction of sp³-hybridized carbons (Fsp3) is 0.600. The lowest BCUT2D eigenvalue weighted by Crippen LogP contribution is -2.35. The van der Waals surface area contributed by atoms with Crippen LogP contribution in [0.1, 0.15) is 31.2 Å². The normalized spacial score (nSPS) is 23.0. The number of hydrogen-bond acceptors (Lipinski definition) is 3. The number of rotatable bonds is 2. The minimum absolute atomic E-state index is 0.280. The van der Waals surface area contributed by atoms with Gasteiger partial charge in [-0.15, -0.1) is 0 Å². The predicted octanol–water partition coefficient (Wildman–Crippen LogP) is 3.63. The van der Waals surface area contributed by atoms with Gasteiger partial charge in [0, 0.05) is 17.3 Å². The highest BCUT2D eigenvalue weighted by atomic mass is 79.9. The molecule has 4 heteroatoms. The number of benzene rings is 1. The standard InChI is InChI=1S/C15H19BrO3/c16-13-2-1-12(14(17)10-13)9-11-3-5-15(6-4-11)18-7-8-19-15/h1-2,10-11,17H,3-9H2. The second kappa shape index (κ2) is 5.43. The molecule has 19 heavy (non-hydrogen) atoms. The van der Waals surface area contributed by atoms with Gasteiger partial charge in [-0.25, -0.2) is 0 Å². The van der Waals surface area contributed by atoms with Gasteiger partial charge in [0.2, 0.25) is 0 Å². The van der Waals surface area contributed by atoms with Crippen LogP contribution in [0.25, 0.3) is 0 Å². The smallest absolute Gasteiger partial charge is 0.168 e. The van der Waals surface area contributed by atoms with Crippen molar-refractivity contribution in [1.29, 1.82) is 0 Å². The summed E-state index contributed by atoms with van der Waals surface area (Å²) < 4.78 is 12.4. The summed E-state index contributed by atoms with van der Waals surface area (Å²) in [6, 6.07) is 5.76. The minimum atomic E-state index is -0.280. The lowest BCUT2D eigenvalue weighted by Gasteiger charge is -2.35. The molecule has 1 aromatic carbocycles. The van der Waals surface area contributed by atoms with Crippen molar-refractivity contribution >= 4 is 15.9 Å². The van der Waals surface area contributed by atoms with Gasteiger partial charge >= 0.3 is 0 Å². The summed E-state index contributed by atoms with van der Waals surface area (Å²) in [4.78, 5) is 0. The molecule has 0 atom stereocenters. The maximum atomic E-state index is 9.95. The SMILES string of the molecule is Oc1cc(Br)ccc1CC1CCC2(CC1)OCCO2. The third kappa shape index (κ3) is 2.96. The zero-order valence-corrected chi connectivity index (χ0v) is 12.5. The molecule has 1 spiro atoms. The fourth-order valence-electron chi connectivity index (χ4n) is 3.13. The van der Waals surface area contributed by atoms with E-state index in [1.54, 1.807) is 6.07 Å². The largest absolute Gasteiger partial charge is 0.508 e. The van der Waals surface area contributed by atoms with E-state index in [9.17, 15) is 5.11 Å². The van der Waals surface area contributed by atoms with Gasteiger partial charge in [-0.3, -0.25) is 0 Å². The Kier molecular flexibility index (Phi) is 3.83. The van der Waals surface area contributed by atoms with E-state index >= 15 is 0 Å². The van der Waals surface area contributed by atoms with Crippen LogP contribution in [0.3, 0.4) is 0 Å². The van der Waals surface area contributed by atoms with Gasteiger partial charge in [-0.1, -0.05) is 22.0 Å². The molecule has 1 aliphatic heterocycles. The molecule has 0 amide bonds. The zero-order valence-electron chi connectivity index (χ0n) is 10.9. The Hall–Kier alpha value is -0.580. The summed E-state index contributed by atoms with van der Waals surface area (Å²) in [5.74, 6) is 0.728. The highest BCUT2D eigenvalue weighted by Gasteiger charge is 2.40. The van der Waals surface area contributed by atoms with Gasteiger partial charge < -0.3 is 14.6 Å². The quantitative estimate of drug-likeness (QED) is 0.901. The zero-order chi connectivity index (χ0) is 13.3. The maximum absolute atomic E-state index is 9.95. The van der Waals surface area contributed by atoms with Crippen molar-refractivity contribution in [2.45, 2.75) is 37.9 Å². The first-order chi connectivity index (χ1) is 9.17. The Balaban J connectivity index is 1.60. The number of hydrogen-bond donors (Lipinski definition) is 1. The molecule has 0 radical (unpaired) electrons. The number of phenolic OH excluding ortho intramolecular Hbond substituents is 1. The number of halogens is 1. The Morgan fingerprint density at radius 3 is 2.53 bits per heavy atom. The predicted molar refractivity (Wildman–Crippen MR) is 76.1 cm³/mol. The van der Waals surface area contributed by atoms with Crippen LogP contribution < -0.4 is 0 Å². The minimum Gasteiger partial charge on any atom is -0.508 e. The van der Waals surface area contributed by atoms with Crippen LogP contribution in [0, 0.1) is 5.92 Å². The van der Waals surface area contributed by atoms with Gasteiger partial charge in [0.1, 0.15) is 5.75 Å². The van der Waals surface area contributed by atoms with E-state index in [1.165, 1.54) is 0 Å². The monoisotopic (exact) mass is 326 g/mol. The van der Waals surface area contributed by atoms with E-state index in [0.717, 1.165) is 55.4 Å². The molecule has 3 nitrogen and oxygen atoms in total. The van der Waals surface area contributed by atoms with Gasteiger partial charge in [-0.2, -0.15) is 0 Å². The topological polar surface area (TPSA) is 38.7 Å². The van der Waals surface area contributed by atoms with Crippen LogP contribution in [0.15, 0.2) is 22.7 Å². The van der Waals surface area contributed by atoms with Crippen LogP contribution in [0.5, 0.6) is 5.75 Å². The second-order valence-electron chi connectivity index (χ2n) is 5.53. The molecule has 104 valence electrons. The molecule has 1 saturated heterocycles. The molecule has 1 heterocycles. The van der Waals surface area contributed by atoms with Crippen LogP contribution >= 0.6 is 15.9 Å². The summed E-state index contributed by atoms with van der Waals surface area (Å²) in [5, 5.41) is 9.95. The van der Waals surface area contributed by atoms with E-state index in [-0.39, 0.29) is 5.79 Å². The van der Waals surface area contributed by atoms with Gasteiger partial charge in [-0.05, 0) is 42.9 Å². The average Bonchev–Trinajstić information content (AvgIpc) is 2.84. The summed E-state index contributed by atoms with van der Waals surface area (Å²) in [7, 11) is 0. The summed E-state index contributed by atoms with van der Waals surface area (Å²) in [6.07, 6.45) is 5.12. The third-order valence-corrected chi connectivity index (χ3v) is 4.73. The van der Waals surface area contributed by atoms with Gasteiger partial charge in [0.25, 0.3) is 0 Å². The molecular weight excluding hydrogens is 308 g/mol. The highest BCUT2D eigenvalue weighted by Crippen LogP contribution is 2.40. The highest BCUT2D eigenvalue weighted by molar-refractivity contribution is 9.10. The van der Waals surface area contributed by atoms with Crippen molar-refractivity contribution in [2.75, 3.05) is 13.2 Å². The van der Waals surface area contributed by atoms with Crippen molar-refractivity contribution in [2.24, 2.45) is 5.92 Å². The van der Waals surface area contributed by atoms with Crippen molar-refractivity contribution in [3.05, 3.63) is 28.2 Å². The van der Waals surface area contributed by atoms with Crippen LogP contribution in [0.2, 0.25) is 0 Å². The van der Waals surface area contributed by atoms with Crippen molar-refractivity contribution in [3.8, 4) is 5.75 Å². The van der Waals surface area contributed by atoms with Crippen molar-refractivity contribution in [1.82, 2.24) is 0 Å². The molecule has 1 N–H and O–H groups in total. The van der Waals surface area contributed by atoms with E-state index < -0.39 is 0 Å². The Morgan fingerprint density at radius 2 is 1.89 bits per heavy atom. The first-order valence-electron chi connectivity index (χ1n) is 6.92. The Bertz CT molecular complexity index is 445. The van der Waals surface area contributed by atoms with Gasteiger partial charge in [0.05, 0.1) is 13.2 Å². The molecule has 3 rings (SSSR count). The van der Waals surface area contributed by atoms with Crippen molar-refractivity contribution < 1.29 is 14.6 Å². The summed E-state index contributed by atoms with van der Waals surface area (Å²) >= 11 is 3.37. The fourth-order valence-corrected chi connectivity index (χ4v) is 3.48. The lowest BCUT2D eigenvalue weighted by molar-refractivity contribution is -0.182. The van der Waals surface area contributed by atoms with E-state index in [2.05, 4.69) is 15.9 Å². The lowest BCUT2D eigenvalue weighted by atomic mass is 9.81. The summed E-state index contributed by atoms with van der Waals surface area (Å²) in [6.45, 7) is 1.47. The first kappa shape index (κ1) is 13.4. The molecular formula is C15H19BrO3.